The number of amides is 7. The molecule has 7 aromatic rings. The number of nitrogens with zero attached hydrogens (tertiary/aromatic N) is 4. The van der Waals surface area contributed by atoms with Crippen LogP contribution in [0.15, 0.2) is 225 Å². The lowest BCUT2D eigenvalue weighted by Gasteiger charge is -2.32. The van der Waals surface area contributed by atoms with Crippen molar-refractivity contribution in [1.29, 1.82) is 0 Å². The summed E-state index contributed by atoms with van der Waals surface area (Å²) in [6, 6.07) is 53.2. The van der Waals surface area contributed by atoms with Crippen LogP contribution in [-0.2, 0) is 117 Å². The van der Waals surface area contributed by atoms with E-state index in [-0.39, 0.29) is 81.3 Å². The van der Waals surface area contributed by atoms with Crippen LogP contribution in [0.3, 0.4) is 0 Å². The van der Waals surface area contributed by atoms with Gasteiger partial charge in [0.15, 0.2) is 0 Å². The van der Waals surface area contributed by atoms with Crippen molar-refractivity contribution in [3.63, 3.8) is 0 Å². The normalized spacial score (nSPS) is 18.4. The quantitative estimate of drug-likeness (QED) is 0.0101. The molecule has 0 radical (unpaired) electrons. The number of nitrogens with two attached hydrogens (primary N) is 5. The third kappa shape index (κ3) is 35.8. The van der Waals surface area contributed by atoms with Gasteiger partial charge in [0.05, 0.1) is 87.9 Å². The van der Waals surface area contributed by atoms with Gasteiger partial charge in [-0.1, -0.05) is 249 Å². The van der Waals surface area contributed by atoms with Crippen LogP contribution in [0.4, 0.5) is 4.79 Å². The first-order valence-corrected chi connectivity index (χ1v) is 47.2. The van der Waals surface area contributed by atoms with Crippen molar-refractivity contribution in [1.82, 2.24) is 35.8 Å². The zero-order valence-electron chi connectivity index (χ0n) is 74.7. The van der Waals surface area contributed by atoms with Gasteiger partial charge in [-0.25, -0.2) is 20.1 Å². The van der Waals surface area contributed by atoms with E-state index < -0.39 is 97.0 Å². The van der Waals surface area contributed by atoms with E-state index in [1.165, 1.54) is 5.01 Å². The summed E-state index contributed by atoms with van der Waals surface area (Å²) in [5.74, 6) is -2.16. The van der Waals surface area contributed by atoms with Crippen molar-refractivity contribution >= 4 is 96.9 Å². The molecule has 28 nitrogen and oxygen atoms in total. The third-order valence-electron chi connectivity index (χ3n) is 22.2. The van der Waals surface area contributed by atoms with Gasteiger partial charge in [-0.15, -0.1) is 0 Å². The number of nitrogens with one attached hydrogen (secondary N) is 3. The largest absolute Gasteiger partial charge is 0.465 e. The first-order valence-electron chi connectivity index (χ1n) is 43.1. The van der Waals surface area contributed by atoms with Gasteiger partial charge in [-0.05, 0) is 175 Å². The van der Waals surface area contributed by atoms with Gasteiger partial charge in [0.25, 0.3) is 5.91 Å². The lowest BCUT2D eigenvalue weighted by atomic mass is 9.83. The van der Waals surface area contributed by atoms with E-state index in [4.69, 9.17) is 84.9 Å². The Morgan fingerprint density at radius 1 is 0.457 bits per heavy atom. The Bertz CT molecular complexity index is 5170. The number of benzene rings is 7. The summed E-state index contributed by atoms with van der Waals surface area (Å²) in [6.07, 6.45) is 16.4. The van der Waals surface area contributed by atoms with E-state index in [0.29, 0.717) is 73.4 Å². The molecule has 13 N–H and O–H groups in total. The number of carbonyl (C=O) groups is 7. The average Bonchev–Trinajstić information content (AvgIpc) is 1.71. The molecule has 3 aliphatic rings. The molecule has 7 amide bonds. The fraction of sp³-hybridized carbons (Fsp3) is 0.427. The number of carbonyl (C=O) groups excluding carboxylic acids is 7. The Hall–Kier alpha value is -9.74. The summed E-state index contributed by atoms with van der Waals surface area (Å²) in [4.78, 5) is 97.5. The van der Waals surface area contributed by atoms with Crippen LogP contribution in [0.2, 0.25) is 15.1 Å². The van der Waals surface area contributed by atoms with Crippen molar-refractivity contribution in [3.05, 3.63) is 284 Å². The highest BCUT2D eigenvalue weighted by molar-refractivity contribution is 7.84. The number of ether oxygens (including phenoxy) is 3. The zero-order chi connectivity index (χ0) is 94.2. The molecular weight excluding hydrogens is 1750 g/mol. The lowest BCUT2D eigenvalue weighted by molar-refractivity contribution is -0.145. The lowest BCUT2D eigenvalue weighted by Crippen LogP contribution is -2.57. The molecule has 13 atom stereocenters. The number of hydrogen-bond acceptors (Lipinski definition) is 19. The third-order valence-corrected chi connectivity index (χ3v) is 23.8. The van der Waals surface area contributed by atoms with Crippen molar-refractivity contribution < 1.29 is 73.0 Å². The zero-order valence-corrected chi connectivity index (χ0v) is 78.6. The molecule has 7 aromatic carbocycles. The molecule has 698 valence electrons. The van der Waals surface area contributed by atoms with E-state index in [0.717, 1.165) is 70.2 Å². The fourth-order valence-corrected chi connectivity index (χ4v) is 16.5. The molecule has 0 saturated carbocycles. The van der Waals surface area contributed by atoms with Crippen LogP contribution < -0.4 is 43.5 Å². The second kappa shape index (κ2) is 50.0. The Labute approximate surface area is 774 Å². The predicted molar refractivity (Wildman–Crippen MR) is 502 cm³/mol. The standard InChI is InChI=1S/C38H46ClN3O5.C30H41ClN4O6S.C28H38ClN5O5S/c1-27(40)36(44)41-35(28(2)46-25-30-14-8-5-9-15-30)37(45)42-21-11-18-33(42)19-20-38(3,24-31-16-10-17-32(39)22-31)26-47-34(43)23-29-12-6-4-7-13-29;1-21(32)28(36)34-27(22(2)40-19-23-9-5-4-6-10-23)29(37)35-16-8-13-26(35)14-15-30(3,20-41-42(33,38)39)18-24-11-7-12-25(31)17-24;1-20-9-11-22(12-10-20)18-34(32-26(35)21(2)30)27(36)33-15-5-8-25(33)13-14-28(3,19-39-40(31,37)38)17-23-6-4-7-24(29)16-23/h4-10,12-17,19-20,22,27-28,33,35H,11,18,21,23-26,40H2,1-3H3,(H,41,44);4-7,9-12,14-15,17,21-22,26-27H,8,13,16,18-20,32H2,1-3H3,(H,34,36)(H2,33,38,39);4,6-7,9-14,16,21,25H,5,8,15,17-19,30H2,1-3H3,(H,32,35)(H2,31,37,38)/b20-19+;15-14+;14-13+/t27-,28+,33-,35-,38-;21-,22+,26-,27-,30-;21-,25-,28-/m000/s1. The molecule has 0 aromatic heterocycles. The average molecular weight is 1870 g/mol. The van der Waals surface area contributed by atoms with E-state index >= 15 is 0 Å². The van der Waals surface area contributed by atoms with E-state index in [9.17, 15) is 50.4 Å². The summed E-state index contributed by atoms with van der Waals surface area (Å²) in [6.45, 7) is 18.0. The van der Waals surface area contributed by atoms with Crippen LogP contribution in [0.1, 0.15) is 138 Å². The Balaban J connectivity index is 0.000000240. The van der Waals surface area contributed by atoms with Crippen LogP contribution >= 0.6 is 34.8 Å². The molecule has 3 fully saturated rings. The maximum absolute atomic E-state index is 14.1. The van der Waals surface area contributed by atoms with E-state index in [2.05, 4.69) is 16.1 Å². The molecule has 0 bridgehead atoms. The number of halogens is 3. The van der Waals surface area contributed by atoms with Crippen molar-refractivity contribution in [2.24, 2.45) is 43.7 Å². The van der Waals surface area contributed by atoms with Crippen LogP contribution in [0.5, 0.6) is 0 Å². The van der Waals surface area contributed by atoms with Gasteiger partial charge < -0.3 is 56.7 Å². The molecule has 10 rings (SSSR count). The molecule has 0 aliphatic carbocycles. The topological polar surface area (TPSA) is 413 Å². The Morgan fingerprint density at radius 3 is 1.16 bits per heavy atom. The SMILES string of the molecule is C[C@H](N)C(=O)N[C@H](C(=O)N1CCC[C@H]1/C=C/[C@](C)(COC(=O)Cc1ccccc1)Cc1cccc(Cl)c1)[C@@H](C)OCc1ccccc1.C[C@H](N)C(=O)N[C@H](C(=O)N1CCC[C@H]1/C=C/[C@](C)(COS(N)(=O)=O)Cc1cccc(Cl)c1)[C@@H](C)OCc1ccccc1.Cc1ccc(CN(NC(=O)[C@H](C)N)C(=O)N2CCC[C@H]2/C=C/[C@](C)(COS(N)(=O)=O)Cc2cccc(Cl)c2)cc1. The fourth-order valence-electron chi connectivity index (χ4n) is 15.0. The van der Waals surface area contributed by atoms with Crippen LogP contribution in [0, 0.1) is 23.2 Å². The molecule has 3 aliphatic heterocycles. The van der Waals surface area contributed by atoms with Gasteiger partial charge in [-0.2, -0.15) is 16.8 Å². The van der Waals surface area contributed by atoms with Crippen LogP contribution in [0.25, 0.3) is 0 Å². The highest BCUT2D eigenvalue weighted by Gasteiger charge is 2.41. The summed E-state index contributed by atoms with van der Waals surface area (Å²) >= 11 is 18.6. The van der Waals surface area contributed by atoms with Gasteiger partial charge in [0, 0.05) is 50.9 Å². The molecule has 3 saturated heterocycles. The van der Waals surface area contributed by atoms with Crippen molar-refractivity contribution in [3.8, 4) is 0 Å². The highest BCUT2D eigenvalue weighted by atomic mass is 35.5. The molecule has 3 heterocycles. The molecule has 129 heavy (non-hydrogen) atoms. The van der Waals surface area contributed by atoms with E-state index in [1.54, 1.807) is 73.6 Å². The van der Waals surface area contributed by atoms with Crippen molar-refractivity contribution in [2.45, 2.75) is 207 Å². The highest BCUT2D eigenvalue weighted by Crippen LogP contribution is 2.34. The number of likely N-dealkylation sites (tertiary alicyclic amines) is 3. The molecule has 0 spiro atoms. The summed E-state index contributed by atoms with van der Waals surface area (Å²) in [5.41, 5.74) is 25.4. The van der Waals surface area contributed by atoms with Gasteiger partial charge in [-0.3, -0.25) is 42.6 Å². The maximum atomic E-state index is 14.1. The molecule has 0 unspecified atom stereocenters. The number of hydrazine groups is 1. The minimum absolute atomic E-state index is 0.153. The number of hydrogen-bond donors (Lipinski definition) is 8. The summed E-state index contributed by atoms with van der Waals surface area (Å²) in [5, 5.41) is 18.9. The van der Waals surface area contributed by atoms with Gasteiger partial charge in [0.2, 0.25) is 23.6 Å². The smallest absolute Gasteiger partial charge is 0.339 e. The number of rotatable bonds is 39. The van der Waals surface area contributed by atoms with Crippen molar-refractivity contribution in [2.75, 3.05) is 39.5 Å². The number of esters is 1. The summed E-state index contributed by atoms with van der Waals surface area (Å²) in [7, 11) is -8.34. The summed E-state index contributed by atoms with van der Waals surface area (Å²) < 4.78 is 74.3. The number of aryl methyl sites for hydroxylation is 1. The minimum Gasteiger partial charge on any atom is -0.465 e. The van der Waals surface area contributed by atoms with Gasteiger partial charge >= 0.3 is 32.6 Å². The Morgan fingerprint density at radius 2 is 0.798 bits per heavy atom. The first-order chi connectivity index (χ1) is 61.0. The van der Waals surface area contributed by atoms with E-state index in [1.807, 2.05) is 228 Å². The second-order valence-electron chi connectivity index (χ2n) is 34.4. The maximum Gasteiger partial charge on any atom is 0.339 e. The minimum atomic E-state index is -4.17. The predicted octanol–water partition coefficient (Wildman–Crippen LogP) is 12.2. The molecule has 33 heteroatoms. The second-order valence-corrected chi connectivity index (χ2v) is 38.1. The van der Waals surface area contributed by atoms with Gasteiger partial charge in [0.1, 0.15) is 18.7 Å². The monoisotopic (exact) mass is 1870 g/mol. The van der Waals surface area contributed by atoms with Crippen LogP contribution in [-0.4, -0.2) is 178 Å². The first kappa shape index (κ1) is 105. The molecular formula is C96H125Cl3N12O16S2. The Kier molecular flexibility index (Phi) is 40.6. The number of urea groups is 1.